The molecular formula is C15H12F3NO4. The lowest BCUT2D eigenvalue weighted by molar-refractivity contribution is -0.142. The predicted molar refractivity (Wildman–Crippen MR) is 74.7 cm³/mol. The number of ether oxygens (including phenoxy) is 2. The van der Waals surface area contributed by atoms with E-state index in [0.717, 1.165) is 6.07 Å². The fourth-order valence-electron chi connectivity index (χ4n) is 1.71. The van der Waals surface area contributed by atoms with Gasteiger partial charge in [0.15, 0.2) is 23.0 Å². The zero-order chi connectivity index (χ0) is 17.0. The Balaban J connectivity index is 2.19. The van der Waals surface area contributed by atoms with Crippen LogP contribution < -0.4 is 9.47 Å². The largest absolute Gasteiger partial charge is 0.493 e. The summed E-state index contributed by atoms with van der Waals surface area (Å²) < 4.78 is 51.9. The van der Waals surface area contributed by atoms with Crippen molar-refractivity contribution in [2.75, 3.05) is 7.11 Å². The van der Waals surface area contributed by atoms with Crippen LogP contribution in [-0.2, 0) is 11.0 Å². The highest BCUT2D eigenvalue weighted by Crippen LogP contribution is 2.30. The van der Waals surface area contributed by atoms with Crippen molar-refractivity contribution in [3.05, 3.63) is 41.3 Å². The van der Waals surface area contributed by atoms with Gasteiger partial charge in [-0.3, -0.25) is 4.79 Å². The number of carbonyl (C=O) groups excluding carboxylic acids is 1. The number of alkyl halides is 3. The fraction of sp³-hybridized carbons (Fsp3) is 0.200. The minimum Gasteiger partial charge on any atom is -0.493 e. The Bertz CT molecular complexity index is 735. The molecule has 2 rings (SSSR count). The number of esters is 1. The minimum absolute atomic E-state index is 0.0413. The molecule has 0 saturated carbocycles. The van der Waals surface area contributed by atoms with Crippen LogP contribution >= 0.6 is 0 Å². The second-order valence-electron chi connectivity index (χ2n) is 4.45. The van der Waals surface area contributed by atoms with Crippen LogP contribution in [0.5, 0.6) is 11.5 Å². The van der Waals surface area contributed by atoms with Crippen LogP contribution in [0.1, 0.15) is 23.9 Å². The van der Waals surface area contributed by atoms with Crippen molar-refractivity contribution < 1.29 is 32.0 Å². The summed E-state index contributed by atoms with van der Waals surface area (Å²) in [5.74, 6) is 0.0281. The number of benzene rings is 1. The quantitative estimate of drug-likeness (QED) is 0.631. The van der Waals surface area contributed by atoms with Crippen LogP contribution in [-0.4, -0.2) is 18.2 Å². The van der Waals surface area contributed by atoms with E-state index >= 15 is 0 Å². The summed E-state index contributed by atoms with van der Waals surface area (Å²) in [5.41, 5.74) is -0.484. The van der Waals surface area contributed by atoms with Crippen molar-refractivity contribution >= 4 is 18.1 Å². The van der Waals surface area contributed by atoms with Crippen LogP contribution in [0.15, 0.2) is 28.8 Å². The van der Waals surface area contributed by atoms with Crippen LogP contribution in [0.2, 0.25) is 0 Å². The van der Waals surface area contributed by atoms with Crippen LogP contribution in [0, 0.1) is 0 Å². The Morgan fingerprint density at radius 3 is 2.52 bits per heavy atom. The number of aromatic nitrogens is 1. The lowest BCUT2D eigenvalue weighted by atomic mass is 10.1. The van der Waals surface area contributed by atoms with Gasteiger partial charge in [-0.15, -0.1) is 0 Å². The van der Waals surface area contributed by atoms with Gasteiger partial charge < -0.3 is 14.0 Å². The molecule has 0 atom stereocenters. The van der Waals surface area contributed by atoms with Gasteiger partial charge in [-0.2, -0.15) is 13.2 Å². The van der Waals surface area contributed by atoms with Crippen molar-refractivity contribution in [3.8, 4) is 11.5 Å². The maximum absolute atomic E-state index is 12.4. The molecule has 0 aliphatic rings. The summed E-state index contributed by atoms with van der Waals surface area (Å²) in [7, 11) is 1.40. The van der Waals surface area contributed by atoms with Gasteiger partial charge in [0.1, 0.15) is 0 Å². The van der Waals surface area contributed by atoms with Crippen molar-refractivity contribution in [2.45, 2.75) is 13.1 Å². The number of nitrogens with zero attached hydrogens (tertiary/aromatic N) is 1. The number of halogens is 3. The van der Waals surface area contributed by atoms with Gasteiger partial charge in [-0.05, 0) is 23.8 Å². The van der Waals surface area contributed by atoms with Gasteiger partial charge in [0.05, 0.1) is 7.11 Å². The molecular weight excluding hydrogens is 315 g/mol. The maximum Gasteiger partial charge on any atom is 0.436 e. The van der Waals surface area contributed by atoms with E-state index in [1.807, 2.05) is 0 Å². The molecule has 0 aliphatic carbocycles. The van der Waals surface area contributed by atoms with E-state index in [-0.39, 0.29) is 11.5 Å². The first-order valence-corrected chi connectivity index (χ1v) is 6.38. The summed E-state index contributed by atoms with van der Waals surface area (Å²) in [4.78, 5) is 11.0. The molecule has 0 amide bonds. The molecule has 23 heavy (non-hydrogen) atoms. The second-order valence-corrected chi connectivity index (χ2v) is 4.45. The summed E-state index contributed by atoms with van der Waals surface area (Å²) >= 11 is 0. The first-order valence-electron chi connectivity index (χ1n) is 6.38. The number of methoxy groups -OCH3 is 1. The van der Waals surface area contributed by atoms with Crippen LogP contribution in [0.3, 0.4) is 0 Å². The summed E-state index contributed by atoms with van der Waals surface area (Å²) in [6.07, 6.45) is -1.70. The van der Waals surface area contributed by atoms with Crippen molar-refractivity contribution in [2.24, 2.45) is 0 Å². The molecule has 0 aliphatic heterocycles. The first kappa shape index (κ1) is 16.6. The van der Waals surface area contributed by atoms with Gasteiger partial charge in [0.25, 0.3) is 0 Å². The Kier molecular flexibility index (Phi) is 4.73. The molecule has 1 aromatic heterocycles. The summed E-state index contributed by atoms with van der Waals surface area (Å²) in [5, 5.41) is 2.95. The van der Waals surface area contributed by atoms with E-state index in [1.165, 1.54) is 32.3 Å². The molecule has 122 valence electrons. The van der Waals surface area contributed by atoms with Crippen molar-refractivity contribution in [1.82, 2.24) is 5.16 Å². The molecule has 8 heteroatoms. The Labute approximate surface area is 129 Å². The zero-order valence-corrected chi connectivity index (χ0v) is 12.2. The highest BCUT2D eigenvalue weighted by Gasteiger charge is 2.34. The third kappa shape index (κ3) is 4.35. The molecule has 0 saturated heterocycles. The smallest absolute Gasteiger partial charge is 0.436 e. The van der Waals surface area contributed by atoms with Gasteiger partial charge in [-0.25, -0.2) is 0 Å². The number of hydrogen-bond donors (Lipinski definition) is 0. The summed E-state index contributed by atoms with van der Waals surface area (Å²) in [6.45, 7) is 1.26. The predicted octanol–water partition coefficient (Wildman–Crippen LogP) is 3.80. The molecule has 0 fully saturated rings. The third-order valence-corrected chi connectivity index (χ3v) is 2.70. The lowest BCUT2D eigenvalue weighted by Crippen LogP contribution is -2.04. The van der Waals surface area contributed by atoms with Gasteiger partial charge >= 0.3 is 12.1 Å². The van der Waals surface area contributed by atoms with E-state index in [2.05, 4.69) is 9.68 Å². The number of hydrogen-bond acceptors (Lipinski definition) is 5. The highest BCUT2D eigenvalue weighted by atomic mass is 19.4. The minimum atomic E-state index is -4.55. The number of carbonyl (C=O) groups is 1. The average Bonchev–Trinajstić information content (AvgIpc) is 2.94. The van der Waals surface area contributed by atoms with Crippen molar-refractivity contribution in [3.63, 3.8) is 0 Å². The Morgan fingerprint density at radius 2 is 1.96 bits per heavy atom. The van der Waals surface area contributed by atoms with Gasteiger partial charge in [0, 0.05) is 13.0 Å². The van der Waals surface area contributed by atoms with Crippen LogP contribution in [0.25, 0.3) is 12.2 Å². The van der Waals surface area contributed by atoms with Crippen molar-refractivity contribution in [1.29, 1.82) is 0 Å². The maximum atomic E-state index is 12.4. The molecule has 0 bridgehead atoms. The SMILES string of the molecule is COc1cc(C=Cc2cc(C(F)(F)F)no2)ccc1OC(C)=O. The Hall–Kier alpha value is -2.77. The molecule has 2 aromatic rings. The molecule has 1 aromatic carbocycles. The third-order valence-electron chi connectivity index (χ3n) is 2.70. The van der Waals surface area contributed by atoms with E-state index in [9.17, 15) is 18.0 Å². The normalized spacial score (nSPS) is 11.7. The topological polar surface area (TPSA) is 61.6 Å². The molecule has 0 spiro atoms. The fourth-order valence-corrected chi connectivity index (χ4v) is 1.71. The molecule has 1 heterocycles. The molecule has 0 N–H and O–H groups in total. The number of rotatable bonds is 4. The highest BCUT2D eigenvalue weighted by molar-refractivity contribution is 5.72. The summed E-state index contributed by atoms with van der Waals surface area (Å²) in [6, 6.07) is 5.48. The molecule has 0 radical (unpaired) electrons. The Morgan fingerprint density at radius 1 is 1.22 bits per heavy atom. The van der Waals surface area contributed by atoms with E-state index in [1.54, 1.807) is 12.1 Å². The van der Waals surface area contributed by atoms with E-state index in [4.69, 9.17) is 9.47 Å². The second kappa shape index (κ2) is 6.55. The van der Waals surface area contributed by atoms with Gasteiger partial charge in [0.2, 0.25) is 0 Å². The monoisotopic (exact) mass is 327 g/mol. The molecule has 0 unspecified atom stereocenters. The zero-order valence-electron chi connectivity index (χ0n) is 12.2. The lowest BCUT2D eigenvalue weighted by Gasteiger charge is -2.08. The first-order chi connectivity index (χ1) is 10.8. The molecule has 5 nitrogen and oxygen atoms in total. The van der Waals surface area contributed by atoms with Crippen LogP contribution in [0.4, 0.5) is 13.2 Å². The van der Waals surface area contributed by atoms with E-state index in [0.29, 0.717) is 11.3 Å². The van der Waals surface area contributed by atoms with Gasteiger partial charge in [-0.1, -0.05) is 17.3 Å². The average molecular weight is 327 g/mol. The van der Waals surface area contributed by atoms with E-state index < -0.39 is 17.8 Å². The standard InChI is InChI=1S/C15H12F3NO4/c1-9(20)22-12-6-4-10(7-13(12)21-2)3-5-11-8-14(19-23-11)15(16,17)18/h3-8H,1-2H3.